The highest BCUT2D eigenvalue weighted by molar-refractivity contribution is 7.20. The fraction of sp³-hybridized carbons (Fsp3) is 0.351. The number of quaternary nitrogens is 1. The second-order valence-electron chi connectivity index (χ2n) is 13.4. The van der Waals surface area contributed by atoms with Crippen molar-refractivity contribution in [2.24, 2.45) is 0 Å². The average Bonchev–Trinajstić information content (AvgIpc) is 3.21. The Morgan fingerprint density at radius 1 is 0.271 bits per heavy atom. The fourth-order valence-electron chi connectivity index (χ4n) is 6.71. The summed E-state index contributed by atoms with van der Waals surface area (Å²) in [5.74, 6) is -71.4. The molecule has 0 unspecified atom stereocenters. The van der Waals surface area contributed by atoms with E-state index in [1.807, 2.05) is 0 Å². The molecule has 0 radical (unpaired) electrons. The molecule has 4 aromatic carbocycles. The van der Waals surface area contributed by atoms with Crippen LogP contribution in [0.3, 0.4) is 0 Å². The van der Waals surface area contributed by atoms with Gasteiger partial charge < -0.3 is 4.90 Å². The van der Waals surface area contributed by atoms with Gasteiger partial charge in [0, 0.05) is 0 Å². The van der Waals surface area contributed by atoms with E-state index in [1.54, 1.807) is 4.90 Å². The van der Waals surface area contributed by atoms with Gasteiger partial charge in [-0.3, -0.25) is 0 Å². The molecule has 0 atom stereocenters. The molecule has 4 aromatic rings. The normalized spacial score (nSPS) is 11.8. The molecule has 0 bridgehead atoms. The summed E-state index contributed by atoms with van der Waals surface area (Å²) in [6, 6.07) is 0. The Balaban J connectivity index is 0.000000567. The van der Waals surface area contributed by atoms with Crippen LogP contribution >= 0.6 is 0 Å². The van der Waals surface area contributed by atoms with Gasteiger partial charge in [-0.1, -0.05) is 39.5 Å². The number of unbranched alkanes of at least 4 members (excludes halogenated alkanes) is 6. The maximum atomic E-state index is 15.4. The fourth-order valence-corrected chi connectivity index (χ4v) is 6.71. The Morgan fingerprint density at radius 2 is 0.441 bits per heavy atom. The van der Waals surface area contributed by atoms with Gasteiger partial charge in [-0.15, -0.1) is 21.9 Å². The van der Waals surface area contributed by atoms with Gasteiger partial charge in [0.25, 0.3) is 0 Å². The summed E-state index contributed by atoms with van der Waals surface area (Å²) in [5, 5.41) is 0. The molecule has 0 spiro atoms. The quantitative estimate of drug-likeness (QED) is 0.0427. The predicted molar refractivity (Wildman–Crippen MR) is 174 cm³/mol. The molecule has 0 aromatic heterocycles. The molecule has 0 heterocycles. The van der Waals surface area contributed by atoms with Crippen LogP contribution in [0, 0.1) is 116 Å². The summed E-state index contributed by atoms with van der Waals surface area (Å²) < 4.78 is 294. The second kappa shape index (κ2) is 19.7. The molecule has 326 valence electrons. The molecular formula is C37H30BF20N. The maximum Gasteiger partial charge on any atom is 0.200 e. The Labute approximate surface area is 322 Å². The lowest BCUT2D eigenvalue weighted by Gasteiger charge is -2.44. The molecule has 59 heavy (non-hydrogen) atoms. The first kappa shape index (κ1) is 48.9. The van der Waals surface area contributed by atoms with Crippen LogP contribution in [-0.2, 0) is 0 Å². The molecule has 0 aliphatic heterocycles. The Hall–Kier alpha value is -4.50. The van der Waals surface area contributed by atoms with Crippen molar-refractivity contribution < 1.29 is 92.7 Å². The minimum Gasteiger partial charge on any atom is -0.337 e. The SMILES string of the molecule is CCCCCC[NH+](C)CCCCCC.Fc1c(F)c(F)c([B-](c2c(F)c(F)c(F)c(F)c2F)(c2c(F)c(F)c(F)c(F)c2F)c2c(F)c(F)c(F)c(F)c2F)c(F)c1F. The van der Waals surface area contributed by atoms with Crippen LogP contribution in [0.15, 0.2) is 0 Å². The third kappa shape index (κ3) is 8.73. The monoisotopic (exact) mass is 879 g/mol. The van der Waals surface area contributed by atoms with Crippen molar-refractivity contribution in [3.63, 3.8) is 0 Å². The molecule has 4 rings (SSSR count). The Kier molecular flexibility index (Phi) is 16.3. The minimum atomic E-state index is -7.22. The maximum absolute atomic E-state index is 15.4. The van der Waals surface area contributed by atoms with Crippen molar-refractivity contribution in [3.05, 3.63) is 116 Å². The lowest BCUT2D eigenvalue weighted by Crippen LogP contribution is -3.09. The lowest BCUT2D eigenvalue weighted by molar-refractivity contribution is -0.880. The van der Waals surface area contributed by atoms with Gasteiger partial charge in [-0.2, -0.15) is 0 Å². The molecule has 0 saturated carbocycles. The summed E-state index contributed by atoms with van der Waals surface area (Å²) in [6.07, 6.45) is 4.05. The summed E-state index contributed by atoms with van der Waals surface area (Å²) >= 11 is 0. The van der Waals surface area contributed by atoms with Crippen LogP contribution in [0.2, 0.25) is 0 Å². The molecule has 0 saturated heterocycles. The van der Waals surface area contributed by atoms with E-state index in [0.717, 1.165) is 0 Å². The second-order valence-corrected chi connectivity index (χ2v) is 13.4. The molecule has 0 fully saturated rings. The van der Waals surface area contributed by atoms with Crippen molar-refractivity contribution in [2.75, 3.05) is 20.1 Å². The zero-order valence-corrected chi connectivity index (χ0v) is 30.7. The van der Waals surface area contributed by atoms with Crippen LogP contribution in [0.5, 0.6) is 0 Å². The first-order chi connectivity index (χ1) is 27.5. The molecule has 1 N–H and O–H groups in total. The number of benzene rings is 4. The van der Waals surface area contributed by atoms with Crippen LogP contribution in [0.4, 0.5) is 87.8 Å². The summed E-state index contributed by atoms with van der Waals surface area (Å²) in [4.78, 5) is 1.73. The van der Waals surface area contributed by atoms with E-state index in [2.05, 4.69) is 20.9 Å². The number of nitrogens with one attached hydrogen (secondary N) is 1. The van der Waals surface area contributed by atoms with E-state index >= 15 is 35.1 Å². The Bertz CT molecular complexity index is 1800. The smallest absolute Gasteiger partial charge is 0.200 e. The molecule has 0 aliphatic carbocycles. The van der Waals surface area contributed by atoms with E-state index in [9.17, 15) is 52.7 Å². The standard InChI is InChI=1S/C24BF20.C13H29N/c26-5-1(6(27)14(35)21(42)13(5)34)25(2-7(28)15(36)22(43)16(37)8(2)29,3-9(30)17(38)23(44)18(39)10(3)31)4-11(32)19(40)24(45)20(41)12(4)33;1-4-6-8-10-12-14(3)13-11-9-7-5-2/h;4-13H2,1-3H3/q-1;/p+1. The molecule has 22 heteroatoms. The first-order valence-corrected chi connectivity index (χ1v) is 17.6. The summed E-state index contributed by atoms with van der Waals surface area (Å²) in [5.41, 5.74) is -14.3. The van der Waals surface area contributed by atoms with E-state index < -0.39 is 144 Å². The number of hydrogen-bond donors (Lipinski definition) is 1. The van der Waals surface area contributed by atoms with Gasteiger partial charge in [0.15, 0.2) is 69.8 Å². The highest BCUT2D eigenvalue weighted by Crippen LogP contribution is 2.30. The van der Waals surface area contributed by atoms with E-state index in [4.69, 9.17) is 0 Å². The van der Waals surface area contributed by atoms with Gasteiger partial charge in [-0.05, 0) is 25.7 Å². The van der Waals surface area contributed by atoms with Crippen molar-refractivity contribution in [2.45, 2.75) is 65.2 Å². The van der Waals surface area contributed by atoms with Gasteiger partial charge in [-0.25, -0.2) is 87.8 Å². The van der Waals surface area contributed by atoms with Crippen LogP contribution in [0.1, 0.15) is 65.2 Å². The highest BCUT2D eigenvalue weighted by Gasteiger charge is 2.52. The van der Waals surface area contributed by atoms with Crippen molar-refractivity contribution in [1.29, 1.82) is 0 Å². The van der Waals surface area contributed by atoms with Crippen molar-refractivity contribution >= 4 is 28.0 Å². The van der Waals surface area contributed by atoms with Crippen LogP contribution < -0.4 is 26.8 Å². The van der Waals surface area contributed by atoms with Crippen LogP contribution in [0.25, 0.3) is 0 Å². The third-order valence-electron chi connectivity index (χ3n) is 9.62. The Morgan fingerprint density at radius 3 is 0.610 bits per heavy atom. The van der Waals surface area contributed by atoms with Crippen LogP contribution in [-0.4, -0.2) is 26.3 Å². The molecule has 1 nitrogen and oxygen atoms in total. The topological polar surface area (TPSA) is 4.44 Å². The largest absolute Gasteiger partial charge is 0.337 e. The minimum absolute atomic E-state index is 1.36. The third-order valence-corrected chi connectivity index (χ3v) is 9.62. The number of hydrogen-bond acceptors (Lipinski definition) is 0. The van der Waals surface area contributed by atoms with Gasteiger partial charge >= 0.3 is 0 Å². The van der Waals surface area contributed by atoms with E-state index in [1.165, 1.54) is 64.5 Å². The van der Waals surface area contributed by atoms with E-state index in [0.29, 0.717) is 0 Å². The highest BCUT2D eigenvalue weighted by atomic mass is 19.2. The van der Waals surface area contributed by atoms with Gasteiger partial charge in [0.05, 0.1) is 20.1 Å². The number of halogens is 20. The first-order valence-electron chi connectivity index (χ1n) is 17.6. The zero-order valence-electron chi connectivity index (χ0n) is 30.7. The summed E-state index contributed by atoms with van der Waals surface area (Å²) in [6.45, 7) is 7.32. The van der Waals surface area contributed by atoms with Gasteiger partial charge in [0.2, 0.25) is 0 Å². The van der Waals surface area contributed by atoms with Crippen molar-refractivity contribution in [3.8, 4) is 0 Å². The number of rotatable bonds is 14. The molecular weight excluding hydrogens is 849 g/mol. The zero-order chi connectivity index (χ0) is 45.0. The van der Waals surface area contributed by atoms with Gasteiger partial charge in [0.1, 0.15) is 52.7 Å². The lowest BCUT2D eigenvalue weighted by atomic mass is 9.12. The van der Waals surface area contributed by atoms with Crippen molar-refractivity contribution in [1.82, 2.24) is 0 Å². The summed E-state index contributed by atoms with van der Waals surface area (Å²) in [7, 11) is 2.35. The molecule has 0 aliphatic rings. The van der Waals surface area contributed by atoms with E-state index in [-0.39, 0.29) is 0 Å². The average molecular weight is 879 g/mol. The predicted octanol–water partition coefficient (Wildman–Crippen LogP) is 8.51. The molecule has 0 amide bonds.